The predicted octanol–water partition coefficient (Wildman–Crippen LogP) is 9.71. The van der Waals surface area contributed by atoms with Gasteiger partial charge in [-0.15, -0.1) is 6.58 Å². The van der Waals surface area contributed by atoms with Crippen LogP contribution in [0.15, 0.2) is 91.6 Å². The van der Waals surface area contributed by atoms with Gasteiger partial charge in [-0.25, -0.2) is 0 Å². The molecule has 1 aromatic heterocycles. The fourth-order valence-electron chi connectivity index (χ4n) is 8.38. The molecule has 3 saturated heterocycles. The second-order valence-corrected chi connectivity index (χ2v) is 15.9. The van der Waals surface area contributed by atoms with E-state index in [0.29, 0.717) is 24.5 Å². The van der Waals surface area contributed by atoms with Crippen LogP contribution in [0.1, 0.15) is 88.3 Å². The molecule has 2 bridgehead atoms. The molecule has 0 radical (unpaired) electrons. The number of piperidine rings is 3. The van der Waals surface area contributed by atoms with Crippen LogP contribution in [0.3, 0.4) is 0 Å². The van der Waals surface area contributed by atoms with Gasteiger partial charge in [0.1, 0.15) is 24.4 Å². The van der Waals surface area contributed by atoms with Gasteiger partial charge in [-0.3, -0.25) is 4.98 Å². The molecule has 7 rings (SSSR count). The smallest absolute Gasteiger partial charge is 0.135 e. The zero-order valence-electron chi connectivity index (χ0n) is 29.1. The second-order valence-electron chi connectivity index (χ2n) is 15.9. The molecule has 0 aliphatic carbocycles. The lowest BCUT2D eigenvalue weighted by Gasteiger charge is -2.58. The van der Waals surface area contributed by atoms with Crippen molar-refractivity contribution in [2.24, 2.45) is 11.8 Å². The number of hydrogen-bond acceptors (Lipinski definition) is 3. The summed E-state index contributed by atoms with van der Waals surface area (Å²) in [6, 6.07) is 26.6. The summed E-state index contributed by atoms with van der Waals surface area (Å²) in [6.45, 7) is 21.9. The molecular weight excluding hydrogens is 564 g/mol. The van der Waals surface area contributed by atoms with Crippen LogP contribution in [-0.2, 0) is 28.7 Å². The molecule has 0 amide bonds. The minimum absolute atomic E-state index is 0.0451. The van der Waals surface area contributed by atoms with Crippen LogP contribution in [-0.4, -0.2) is 35.7 Å². The van der Waals surface area contributed by atoms with Crippen LogP contribution in [0.25, 0.3) is 10.9 Å². The molecule has 5 atom stereocenters. The Hall–Kier alpha value is -3.47. The van der Waals surface area contributed by atoms with Crippen LogP contribution in [0.5, 0.6) is 5.75 Å². The summed E-state index contributed by atoms with van der Waals surface area (Å²) in [4.78, 5) is 4.74. The van der Waals surface area contributed by atoms with Gasteiger partial charge in [0, 0.05) is 47.0 Å². The molecule has 3 fully saturated rings. The highest BCUT2D eigenvalue weighted by Gasteiger charge is 2.54. The van der Waals surface area contributed by atoms with Crippen molar-refractivity contribution in [1.82, 2.24) is 4.98 Å². The monoisotopic (exact) mass is 617 g/mol. The molecule has 4 heteroatoms. The quantitative estimate of drug-likeness (QED) is 0.138. The normalized spacial score (nSPS) is 23.8. The second kappa shape index (κ2) is 12.6. The first-order valence-corrected chi connectivity index (χ1v) is 17.1. The Morgan fingerprint density at radius 3 is 2.24 bits per heavy atom. The Bertz CT molecular complexity index is 1640. The van der Waals surface area contributed by atoms with Gasteiger partial charge >= 0.3 is 0 Å². The predicted molar refractivity (Wildman–Crippen MR) is 190 cm³/mol. The van der Waals surface area contributed by atoms with Gasteiger partial charge in [-0.05, 0) is 52.1 Å². The van der Waals surface area contributed by atoms with Crippen molar-refractivity contribution in [1.29, 1.82) is 0 Å². The number of para-hydroxylation sites is 1. The van der Waals surface area contributed by atoms with E-state index in [0.717, 1.165) is 41.8 Å². The summed E-state index contributed by atoms with van der Waals surface area (Å²) in [7, 11) is 1.83. The molecule has 0 N–H and O–H groups in total. The van der Waals surface area contributed by atoms with E-state index in [2.05, 4.69) is 127 Å². The average molecular weight is 618 g/mol. The van der Waals surface area contributed by atoms with Crippen LogP contribution in [0, 0.1) is 11.8 Å². The van der Waals surface area contributed by atoms with Crippen LogP contribution < -0.4 is 4.74 Å². The number of ether oxygens (including phenoxy) is 2. The van der Waals surface area contributed by atoms with Gasteiger partial charge in [-0.1, -0.05) is 96.1 Å². The Labute approximate surface area is 277 Å². The van der Waals surface area contributed by atoms with Gasteiger partial charge in [-0.2, -0.15) is 0 Å². The number of benzene rings is 3. The third kappa shape index (κ3) is 6.27. The highest BCUT2D eigenvalue weighted by molar-refractivity contribution is 5.82. The molecular formula is C42H53N2O2+. The average Bonchev–Trinajstić information content (AvgIpc) is 3.04. The van der Waals surface area contributed by atoms with Crippen molar-refractivity contribution in [3.8, 4) is 5.75 Å². The summed E-state index contributed by atoms with van der Waals surface area (Å²) in [5.41, 5.74) is 7.37. The Kier molecular flexibility index (Phi) is 8.91. The van der Waals surface area contributed by atoms with E-state index in [9.17, 15) is 0 Å². The Morgan fingerprint density at radius 2 is 1.59 bits per heavy atom. The first-order chi connectivity index (χ1) is 21.9. The van der Waals surface area contributed by atoms with E-state index < -0.39 is 0 Å². The van der Waals surface area contributed by atoms with E-state index in [1.807, 2.05) is 13.3 Å². The number of aromatic nitrogens is 1. The SMILES string of the molecule is C=C[C@H]1C[N@+]2(Cc3cc(C(C)(C)C)c(OC)c(C(C)(C)C)c3)CC[C@H]1C[C@@H]2[C@@H](OCc1ccccc1)c1ccnc2ccccc12. The first-order valence-electron chi connectivity index (χ1n) is 17.1. The van der Waals surface area contributed by atoms with E-state index >= 15 is 0 Å². The van der Waals surface area contributed by atoms with E-state index in [4.69, 9.17) is 14.5 Å². The van der Waals surface area contributed by atoms with E-state index in [-0.39, 0.29) is 16.9 Å². The minimum atomic E-state index is -0.0657. The number of fused-ring (bicyclic) bond motifs is 4. The van der Waals surface area contributed by atoms with E-state index in [1.54, 1.807) is 0 Å². The summed E-state index contributed by atoms with van der Waals surface area (Å²) in [5, 5.41) is 1.19. The molecule has 4 aromatic rings. The van der Waals surface area contributed by atoms with Crippen molar-refractivity contribution in [3.05, 3.63) is 119 Å². The maximum absolute atomic E-state index is 7.15. The van der Waals surface area contributed by atoms with Gasteiger partial charge < -0.3 is 14.0 Å². The van der Waals surface area contributed by atoms with Crippen molar-refractivity contribution in [3.63, 3.8) is 0 Å². The highest BCUT2D eigenvalue weighted by Crippen LogP contribution is 2.50. The van der Waals surface area contributed by atoms with Gasteiger partial charge in [0.2, 0.25) is 0 Å². The minimum Gasteiger partial charge on any atom is -0.496 e. The lowest BCUT2D eigenvalue weighted by Crippen LogP contribution is -2.67. The molecule has 242 valence electrons. The zero-order chi connectivity index (χ0) is 32.7. The number of hydrogen-bond donors (Lipinski definition) is 0. The third-order valence-electron chi connectivity index (χ3n) is 10.8. The molecule has 4 nitrogen and oxygen atoms in total. The van der Waals surface area contributed by atoms with Crippen LogP contribution in [0.4, 0.5) is 0 Å². The van der Waals surface area contributed by atoms with E-state index in [1.165, 1.54) is 39.6 Å². The highest BCUT2D eigenvalue weighted by atomic mass is 16.5. The molecule has 46 heavy (non-hydrogen) atoms. The van der Waals surface area contributed by atoms with Crippen molar-refractivity contribution >= 4 is 10.9 Å². The molecule has 0 saturated carbocycles. The Balaban J connectivity index is 1.49. The van der Waals surface area contributed by atoms with Gasteiger partial charge in [0.05, 0.1) is 32.3 Å². The van der Waals surface area contributed by atoms with Crippen molar-refractivity contribution < 1.29 is 14.0 Å². The fourth-order valence-corrected chi connectivity index (χ4v) is 8.38. The number of nitrogens with zero attached hydrogens (tertiary/aromatic N) is 2. The fraction of sp³-hybridized carbons (Fsp3) is 0.452. The number of rotatable bonds is 9. The maximum Gasteiger partial charge on any atom is 0.135 e. The number of quaternary nitrogens is 1. The topological polar surface area (TPSA) is 31.4 Å². The van der Waals surface area contributed by atoms with Crippen LogP contribution >= 0.6 is 0 Å². The summed E-state index contributed by atoms with van der Waals surface area (Å²) >= 11 is 0. The molecule has 3 aliphatic heterocycles. The number of methoxy groups -OCH3 is 1. The molecule has 3 aromatic carbocycles. The third-order valence-corrected chi connectivity index (χ3v) is 10.8. The lowest BCUT2D eigenvalue weighted by molar-refractivity contribution is -0.985. The molecule has 0 spiro atoms. The van der Waals surface area contributed by atoms with Gasteiger partial charge in [0.25, 0.3) is 0 Å². The Morgan fingerprint density at radius 1 is 0.913 bits per heavy atom. The van der Waals surface area contributed by atoms with Crippen molar-refractivity contribution in [2.45, 2.75) is 90.5 Å². The standard InChI is InChI=1S/C42H53N2O2/c1-9-31-27-44(26-30-23-35(41(2,3)4)40(45-8)36(24-30)42(5,6)7)22-20-32(31)25-38(44)39(46-28-29-15-11-10-12-16-29)34-19-21-43-37-18-14-13-17-33(34)37/h9-19,21,23-24,31-32,38-39H,1,20,22,25-28H2,2-8H3/q+1/t31-,32-,38+,39-,44+/m0/s1. The van der Waals surface area contributed by atoms with Crippen LogP contribution in [0.2, 0.25) is 0 Å². The summed E-state index contributed by atoms with van der Waals surface area (Å²) in [6.07, 6.45) is 6.50. The first kappa shape index (κ1) is 32.5. The zero-order valence-corrected chi connectivity index (χ0v) is 29.1. The maximum atomic E-state index is 7.15. The number of pyridine rings is 1. The lowest BCUT2D eigenvalue weighted by atomic mass is 9.70. The molecule has 4 heterocycles. The largest absolute Gasteiger partial charge is 0.496 e. The molecule has 3 aliphatic rings. The van der Waals surface area contributed by atoms with Crippen molar-refractivity contribution in [2.75, 3.05) is 20.2 Å². The summed E-state index contributed by atoms with van der Waals surface area (Å²) in [5.74, 6) is 2.18. The van der Waals surface area contributed by atoms with Gasteiger partial charge in [0.15, 0.2) is 0 Å². The summed E-state index contributed by atoms with van der Waals surface area (Å²) < 4.78 is 14.3. The molecule has 0 unspecified atom stereocenters.